The van der Waals surface area contributed by atoms with Gasteiger partial charge in [-0.25, -0.2) is 8.42 Å². The van der Waals surface area contributed by atoms with Crippen LogP contribution < -0.4 is 14.4 Å². The smallest absolute Gasteiger partial charge is 0.236 e. The number of methoxy groups -OCH3 is 1. The van der Waals surface area contributed by atoms with Gasteiger partial charge in [-0.2, -0.15) is 0 Å². The largest absolute Gasteiger partial charge is 0.497 e. The number of nitrogens with one attached hydrogen (secondary N) is 1. The van der Waals surface area contributed by atoms with Crippen molar-refractivity contribution in [3.8, 4) is 5.75 Å². The number of benzene rings is 1. The normalized spacial score (nSPS) is 19.6. The Balaban J connectivity index is 2.06. The molecule has 1 aliphatic heterocycles. The molecule has 0 aromatic heterocycles. The minimum Gasteiger partial charge on any atom is -0.497 e. The molecule has 1 N–H and O–H groups in total. The Morgan fingerprint density at radius 1 is 1.30 bits per heavy atom. The Morgan fingerprint density at radius 3 is 2.55 bits per heavy atom. The highest BCUT2D eigenvalue weighted by Crippen LogP contribution is 2.21. The van der Waals surface area contributed by atoms with E-state index in [1.807, 2.05) is 0 Å². The van der Waals surface area contributed by atoms with Gasteiger partial charge >= 0.3 is 0 Å². The van der Waals surface area contributed by atoms with E-state index in [9.17, 15) is 8.42 Å². The zero-order valence-electron chi connectivity index (χ0n) is 12.0. The quantitative estimate of drug-likeness (QED) is 0.897. The Kier molecular flexibility index (Phi) is 4.88. The van der Waals surface area contributed by atoms with Crippen molar-refractivity contribution in [3.05, 3.63) is 24.3 Å². The van der Waals surface area contributed by atoms with E-state index in [2.05, 4.69) is 5.32 Å². The van der Waals surface area contributed by atoms with E-state index in [0.29, 0.717) is 11.4 Å². The summed E-state index contributed by atoms with van der Waals surface area (Å²) in [6.07, 6.45) is 3.15. The number of rotatable bonds is 5. The van der Waals surface area contributed by atoms with E-state index in [4.69, 9.17) is 4.74 Å². The zero-order valence-corrected chi connectivity index (χ0v) is 12.8. The molecular weight excluding hydrogens is 276 g/mol. The molecule has 1 atom stereocenters. The molecule has 2 rings (SSSR count). The van der Waals surface area contributed by atoms with Crippen molar-refractivity contribution in [1.82, 2.24) is 5.32 Å². The number of nitrogens with zero attached hydrogens (tertiary/aromatic N) is 1. The molecule has 1 aromatic carbocycles. The summed E-state index contributed by atoms with van der Waals surface area (Å²) in [7, 11) is -0.118. The molecular formula is C14H22N2O3S. The van der Waals surface area contributed by atoms with Crippen molar-refractivity contribution in [2.45, 2.75) is 25.3 Å². The summed E-state index contributed by atoms with van der Waals surface area (Å²) in [5.41, 5.74) is 0.654. The maximum atomic E-state index is 12.4. The van der Waals surface area contributed by atoms with Crippen molar-refractivity contribution in [1.29, 1.82) is 0 Å². The first-order valence-corrected chi connectivity index (χ1v) is 8.48. The highest BCUT2D eigenvalue weighted by molar-refractivity contribution is 7.92. The summed E-state index contributed by atoms with van der Waals surface area (Å²) < 4.78 is 31.2. The summed E-state index contributed by atoms with van der Waals surface area (Å²) in [4.78, 5) is 0. The topological polar surface area (TPSA) is 58.6 Å². The third-order valence-electron chi connectivity index (χ3n) is 3.68. The molecule has 0 radical (unpaired) electrons. The van der Waals surface area contributed by atoms with Crippen LogP contribution in [0.25, 0.3) is 0 Å². The van der Waals surface area contributed by atoms with Crippen LogP contribution in [-0.2, 0) is 10.0 Å². The van der Waals surface area contributed by atoms with Gasteiger partial charge in [0, 0.05) is 13.1 Å². The molecule has 5 nitrogen and oxygen atoms in total. The zero-order chi connectivity index (χ0) is 14.6. The van der Waals surface area contributed by atoms with Crippen molar-refractivity contribution >= 4 is 15.7 Å². The maximum absolute atomic E-state index is 12.4. The molecule has 20 heavy (non-hydrogen) atoms. The molecule has 6 heteroatoms. The summed E-state index contributed by atoms with van der Waals surface area (Å²) in [5, 5.41) is 3.27. The van der Waals surface area contributed by atoms with Crippen molar-refractivity contribution in [3.63, 3.8) is 0 Å². The monoisotopic (exact) mass is 298 g/mol. The van der Waals surface area contributed by atoms with Gasteiger partial charge in [-0.3, -0.25) is 4.31 Å². The van der Waals surface area contributed by atoms with Crippen LogP contribution in [0.2, 0.25) is 0 Å². The first-order chi connectivity index (χ1) is 9.53. The Hall–Kier alpha value is -1.27. The van der Waals surface area contributed by atoms with Gasteiger partial charge in [-0.05, 0) is 43.7 Å². The lowest BCUT2D eigenvalue weighted by atomic mass is 10.1. The molecule has 0 saturated carbocycles. The van der Waals surface area contributed by atoms with Crippen LogP contribution >= 0.6 is 0 Å². The highest BCUT2D eigenvalue weighted by Gasteiger charge is 2.24. The second kappa shape index (κ2) is 6.45. The number of hydrogen-bond acceptors (Lipinski definition) is 4. The van der Waals surface area contributed by atoms with Crippen LogP contribution in [0.5, 0.6) is 5.75 Å². The van der Waals surface area contributed by atoms with Gasteiger partial charge in [0.15, 0.2) is 0 Å². The summed E-state index contributed by atoms with van der Waals surface area (Å²) in [5.74, 6) is 0.865. The van der Waals surface area contributed by atoms with Gasteiger partial charge in [0.25, 0.3) is 0 Å². The third-order valence-corrected chi connectivity index (χ3v) is 5.55. The van der Waals surface area contributed by atoms with Crippen LogP contribution in [-0.4, -0.2) is 40.9 Å². The fourth-order valence-corrected chi connectivity index (χ4v) is 3.84. The third kappa shape index (κ3) is 3.64. The predicted octanol–water partition coefficient (Wildman–Crippen LogP) is 1.60. The predicted molar refractivity (Wildman–Crippen MR) is 80.8 cm³/mol. The van der Waals surface area contributed by atoms with Crippen LogP contribution in [0.1, 0.15) is 19.3 Å². The highest BCUT2D eigenvalue weighted by atomic mass is 32.2. The first-order valence-electron chi connectivity index (χ1n) is 6.87. The summed E-state index contributed by atoms with van der Waals surface area (Å²) >= 11 is 0. The molecule has 1 heterocycles. The molecule has 1 unspecified atom stereocenters. The van der Waals surface area contributed by atoms with E-state index < -0.39 is 10.0 Å². The van der Waals surface area contributed by atoms with E-state index in [0.717, 1.165) is 25.8 Å². The molecule has 1 aromatic rings. The number of sulfonamides is 1. The van der Waals surface area contributed by atoms with Gasteiger partial charge in [0.1, 0.15) is 5.75 Å². The average molecular weight is 298 g/mol. The van der Waals surface area contributed by atoms with E-state index in [1.54, 1.807) is 38.4 Å². The van der Waals surface area contributed by atoms with Crippen molar-refractivity contribution in [2.24, 2.45) is 0 Å². The number of piperidine rings is 1. The van der Waals surface area contributed by atoms with Gasteiger partial charge in [-0.15, -0.1) is 0 Å². The first kappa shape index (κ1) is 15.1. The molecule has 0 amide bonds. The molecule has 0 bridgehead atoms. The number of hydrogen-bond donors (Lipinski definition) is 1. The molecule has 1 aliphatic rings. The average Bonchev–Trinajstić information content (AvgIpc) is 2.47. The van der Waals surface area contributed by atoms with E-state index >= 15 is 0 Å². The minimum atomic E-state index is -3.30. The Morgan fingerprint density at radius 2 is 2.00 bits per heavy atom. The van der Waals surface area contributed by atoms with Crippen LogP contribution in [0.4, 0.5) is 5.69 Å². The SMILES string of the molecule is COc1ccc(N(C)S(=O)(=O)CC2CCCCN2)cc1. The second-order valence-electron chi connectivity index (χ2n) is 5.09. The second-order valence-corrected chi connectivity index (χ2v) is 7.14. The fourth-order valence-electron chi connectivity index (χ4n) is 2.39. The molecule has 1 saturated heterocycles. The van der Waals surface area contributed by atoms with Gasteiger partial charge < -0.3 is 10.1 Å². The van der Waals surface area contributed by atoms with E-state index in [1.165, 1.54) is 4.31 Å². The minimum absolute atomic E-state index is 0.0643. The van der Waals surface area contributed by atoms with Crippen molar-refractivity contribution < 1.29 is 13.2 Å². The standard InChI is InChI=1S/C14H22N2O3S/c1-16(13-6-8-14(19-2)9-7-13)20(17,18)11-12-5-3-4-10-15-12/h6-9,12,15H,3-5,10-11H2,1-2H3. The Labute approximate surface area is 121 Å². The van der Waals surface area contributed by atoms with Gasteiger partial charge in [-0.1, -0.05) is 6.42 Å². The molecule has 1 fully saturated rings. The molecule has 0 aliphatic carbocycles. The van der Waals surface area contributed by atoms with Gasteiger partial charge in [0.05, 0.1) is 18.6 Å². The summed E-state index contributed by atoms with van der Waals surface area (Å²) in [6.45, 7) is 0.909. The van der Waals surface area contributed by atoms with Crippen LogP contribution in [0.3, 0.4) is 0 Å². The molecule has 0 spiro atoms. The number of ether oxygens (including phenoxy) is 1. The Bertz CT molecular complexity index is 522. The van der Waals surface area contributed by atoms with Crippen molar-refractivity contribution in [2.75, 3.05) is 30.8 Å². The maximum Gasteiger partial charge on any atom is 0.236 e. The lowest BCUT2D eigenvalue weighted by Gasteiger charge is -2.26. The summed E-state index contributed by atoms with van der Waals surface area (Å²) in [6, 6.07) is 7.10. The number of anilines is 1. The molecule has 112 valence electrons. The van der Waals surface area contributed by atoms with Crippen LogP contribution in [0.15, 0.2) is 24.3 Å². The lowest BCUT2D eigenvalue weighted by molar-refractivity contribution is 0.415. The lowest BCUT2D eigenvalue weighted by Crippen LogP contribution is -2.43. The van der Waals surface area contributed by atoms with Gasteiger partial charge in [0.2, 0.25) is 10.0 Å². The fraction of sp³-hybridized carbons (Fsp3) is 0.571. The van der Waals surface area contributed by atoms with Crippen LogP contribution in [0, 0.1) is 0 Å². The van der Waals surface area contributed by atoms with E-state index in [-0.39, 0.29) is 11.8 Å².